The van der Waals surface area contributed by atoms with E-state index in [1.807, 2.05) is 38.1 Å². The lowest BCUT2D eigenvalue weighted by molar-refractivity contribution is 0.0963. The van der Waals surface area contributed by atoms with Crippen LogP contribution in [-0.4, -0.2) is 13.0 Å². The van der Waals surface area contributed by atoms with E-state index in [1.54, 1.807) is 19.2 Å². The SMILES string of the molecule is CNC(=O)c1cccc(NCc2cc(=O)oc3c(C)c(C)ccc23)c1. The van der Waals surface area contributed by atoms with Crippen molar-refractivity contribution in [1.29, 1.82) is 0 Å². The quantitative estimate of drug-likeness (QED) is 0.717. The Hall–Kier alpha value is -3.08. The number of aryl methyl sites for hydroxylation is 2. The van der Waals surface area contributed by atoms with Crippen LogP contribution in [0.5, 0.6) is 0 Å². The first-order chi connectivity index (χ1) is 12.0. The Kier molecular flexibility index (Phi) is 4.57. The number of benzene rings is 2. The topological polar surface area (TPSA) is 71.3 Å². The largest absolute Gasteiger partial charge is 0.422 e. The lowest BCUT2D eigenvalue weighted by Gasteiger charge is -2.11. The van der Waals surface area contributed by atoms with E-state index < -0.39 is 0 Å². The van der Waals surface area contributed by atoms with Gasteiger partial charge in [0.2, 0.25) is 0 Å². The van der Waals surface area contributed by atoms with Crippen LogP contribution < -0.4 is 16.3 Å². The second-order valence-electron chi connectivity index (χ2n) is 5.99. The Morgan fingerprint density at radius 1 is 1.12 bits per heavy atom. The molecule has 1 aromatic heterocycles. The van der Waals surface area contributed by atoms with Crippen molar-refractivity contribution in [3.63, 3.8) is 0 Å². The smallest absolute Gasteiger partial charge is 0.336 e. The number of hydrogen-bond donors (Lipinski definition) is 2. The van der Waals surface area contributed by atoms with E-state index in [0.717, 1.165) is 27.8 Å². The molecule has 0 saturated heterocycles. The first-order valence-electron chi connectivity index (χ1n) is 8.08. The Labute approximate surface area is 145 Å². The molecule has 25 heavy (non-hydrogen) atoms. The summed E-state index contributed by atoms with van der Waals surface area (Å²) in [6.45, 7) is 4.40. The molecule has 2 N–H and O–H groups in total. The maximum atomic E-state index is 11.9. The van der Waals surface area contributed by atoms with Gasteiger partial charge in [0, 0.05) is 36.3 Å². The summed E-state index contributed by atoms with van der Waals surface area (Å²) >= 11 is 0. The summed E-state index contributed by atoms with van der Waals surface area (Å²) < 4.78 is 5.39. The second kappa shape index (κ2) is 6.81. The maximum Gasteiger partial charge on any atom is 0.336 e. The summed E-state index contributed by atoms with van der Waals surface area (Å²) in [6, 6.07) is 12.7. The van der Waals surface area contributed by atoms with E-state index in [9.17, 15) is 9.59 Å². The van der Waals surface area contributed by atoms with Gasteiger partial charge in [-0.15, -0.1) is 0 Å². The van der Waals surface area contributed by atoms with Gasteiger partial charge in [-0.1, -0.05) is 18.2 Å². The second-order valence-corrected chi connectivity index (χ2v) is 5.99. The minimum absolute atomic E-state index is 0.138. The lowest BCUT2D eigenvalue weighted by Crippen LogP contribution is -2.17. The molecule has 2 aromatic carbocycles. The van der Waals surface area contributed by atoms with Crippen LogP contribution in [0.3, 0.4) is 0 Å². The molecule has 0 aliphatic rings. The van der Waals surface area contributed by atoms with Crippen LogP contribution in [0.15, 0.2) is 51.7 Å². The molecule has 0 fully saturated rings. The molecule has 0 aliphatic heterocycles. The third-order valence-corrected chi connectivity index (χ3v) is 4.35. The molecule has 0 saturated carbocycles. The predicted molar refractivity (Wildman–Crippen MR) is 99.1 cm³/mol. The molecule has 1 heterocycles. The highest BCUT2D eigenvalue weighted by atomic mass is 16.4. The third-order valence-electron chi connectivity index (χ3n) is 4.35. The van der Waals surface area contributed by atoms with Crippen LogP contribution in [0, 0.1) is 13.8 Å². The van der Waals surface area contributed by atoms with Gasteiger partial charge >= 0.3 is 5.63 Å². The fourth-order valence-corrected chi connectivity index (χ4v) is 2.78. The summed E-state index contributed by atoms with van der Waals surface area (Å²) in [5, 5.41) is 6.79. The zero-order chi connectivity index (χ0) is 18.0. The zero-order valence-electron chi connectivity index (χ0n) is 14.5. The minimum atomic E-state index is -0.364. The summed E-state index contributed by atoms with van der Waals surface area (Å²) in [4.78, 5) is 23.7. The Balaban J connectivity index is 1.93. The van der Waals surface area contributed by atoms with Gasteiger partial charge in [-0.25, -0.2) is 4.79 Å². The molecule has 1 amide bonds. The van der Waals surface area contributed by atoms with Crippen molar-refractivity contribution < 1.29 is 9.21 Å². The van der Waals surface area contributed by atoms with Gasteiger partial charge in [0.1, 0.15) is 5.58 Å². The Bertz CT molecular complexity index is 1010. The zero-order valence-corrected chi connectivity index (χ0v) is 14.5. The van der Waals surface area contributed by atoms with Crippen molar-refractivity contribution in [2.45, 2.75) is 20.4 Å². The van der Waals surface area contributed by atoms with Crippen molar-refractivity contribution in [3.05, 3.63) is 75.1 Å². The number of carbonyl (C=O) groups is 1. The first kappa shape index (κ1) is 16.8. The molecule has 0 unspecified atom stereocenters. The molecule has 5 nitrogen and oxygen atoms in total. The van der Waals surface area contributed by atoms with Gasteiger partial charge in [0.15, 0.2) is 0 Å². The lowest BCUT2D eigenvalue weighted by atomic mass is 10.0. The van der Waals surface area contributed by atoms with E-state index in [2.05, 4.69) is 10.6 Å². The molecular formula is C20H20N2O3. The molecule has 3 rings (SSSR count). The average Bonchev–Trinajstić information content (AvgIpc) is 2.62. The predicted octanol–water partition coefficient (Wildman–Crippen LogP) is 3.38. The molecule has 5 heteroatoms. The molecule has 0 aliphatic carbocycles. The van der Waals surface area contributed by atoms with Crippen LogP contribution in [0.4, 0.5) is 5.69 Å². The van der Waals surface area contributed by atoms with Crippen molar-refractivity contribution in [2.24, 2.45) is 0 Å². The number of carbonyl (C=O) groups excluding carboxylic acids is 1. The van der Waals surface area contributed by atoms with Gasteiger partial charge in [0.05, 0.1) is 0 Å². The van der Waals surface area contributed by atoms with Gasteiger partial charge in [-0.2, -0.15) is 0 Å². The molecule has 128 valence electrons. The maximum absolute atomic E-state index is 11.9. The fraction of sp³-hybridized carbons (Fsp3) is 0.200. The van der Waals surface area contributed by atoms with Crippen molar-refractivity contribution in [3.8, 4) is 0 Å². The molecule has 0 spiro atoms. The average molecular weight is 336 g/mol. The third kappa shape index (κ3) is 3.40. The highest BCUT2D eigenvalue weighted by Gasteiger charge is 2.10. The number of amides is 1. The number of nitrogens with one attached hydrogen (secondary N) is 2. The molecule has 3 aromatic rings. The molecular weight excluding hydrogens is 316 g/mol. The van der Waals surface area contributed by atoms with E-state index in [0.29, 0.717) is 17.7 Å². The highest BCUT2D eigenvalue weighted by Crippen LogP contribution is 2.24. The first-order valence-corrected chi connectivity index (χ1v) is 8.08. The highest BCUT2D eigenvalue weighted by molar-refractivity contribution is 5.94. The summed E-state index contributed by atoms with van der Waals surface area (Å²) in [6.07, 6.45) is 0. The Morgan fingerprint density at radius 2 is 1.92 bits per heavy atom. The van der Waals surface area contributed by atoms with E-state index >= 15 is 0 Å². The molecule has 0 atom stereocenters. The summed E-state index contributed by atoms with van der Waals surface area (Å²) in [5.41, 5.74) is 4.57. The van der Waals surface area contributed by atoms with Gasteiger partial charge in [-0.05, 0) is 48.7 Å². The van der Waals surface area contributed by atoms with Crippen LogP contribution in [0.1, 0.15) is 27.0 Å². The summed E-state index contributed by atoms with van der Waals surface area (Å²) in [5.74, 6) is -0.138. The number of fused-ring (bicyclic) bond motifs is 1. The van der Waals surface area contributed by atoms with Crippen molar-refractivity contribution in [2.75, 3.05) is 12.4 Å². The normalized spacial score (nSPS) is 10.7. The van der Waals surface area contributed by atoms with Crippen molar-refractivity contribution in [1.82, 2.24) is 5.32 Å². The minimum Gasteiger partial charge on any atom is -0.422 e. The monoisotopic (exact) mass is 336 g/mol. The molecule has 0 radical (unpaired) electrons. The van der Waals surface area contributed by atoms with E-state index in [4.69, 9.17) is 4.42 Å². The van der Waals surface area contributed by atoms with E-state index in [-0.39, 0.29) is 11.5 Å². The van der Waals surface area contributed by atoms with Crippen molar-refractivity contribution >= 4 is 22.6 Å². The number of rotatable bonds is 4. The van der Waals surface area contributed by atoms with Crippen LogP contribution in [0.2, 0.25) is 0 Å². The number of anilines is 1. The van der Waals surface area contributed by atoms with Crippen LogP contribution >= 0.6 is 0 Å². The number of hydrogen-bond acceptors (Lipinski definition) is 4. The van der Waals surface area contributed by atoms with Gasteiger partial charge in [0.25, 0.3) is 5.91 Å². The van der Waals surface area contributed by atoms with Crippen LogP contribution in [0.25, 0.3) is 11.0 Å². The van der Waals surface area contributed by atoms with Gasteiger partial charge < -0.3 is 15.1 Å². The fourth-order valence-electron chi connectivity index (χ4n) is 2.78. The van der Waals surface area contributed by atoms with E-state index in [1.165, 1.54) is 6.07 Å². The Morgan fingerprint density at radius 3 is 2.68 bits per heavy atom. The standard InChI is InChI=1S/C20H20N2O3/c1-12-7-8-17-15(10-18(23)25-19(17)13(12)2)11-22-16-6-4-5-14(9-16)20(24)21-3/h4-10,22H,11H2,1-3H3,(H,21,24). The van der Waals surface area contributed by atoms with Crippen LogP contribution in [-0.2, 0) is 6.54 Å². The van der Waals surface area contributed by atoms with Gasteiger partial charge in [-0.3, -0.25) is 4.79 Å². The summed E-state index contributed by atoms with van der Waals surface area (Å²) in [7, 11) is 1.60. The molecule has 0 bridgehead atoms.